The standard InChI is InChI=1S/C16H21NO4/c1-2-13(16(18)19)6-8-17-7-5-12-3-4-14-15(11-12)21-10-9-20-14/h3-4,6,11,17H,2,5,7-10H2,1H3,(H,18,19)/b13-6-. The van der Waals surface area contributed by atoms with Gasteiger partial charge in [-0.1, -0.05) is 19.1 Å². The van der Waals surface area contributed by atoms with Crippen LogP contribution in [0.25, 0.3) is 0 Å². The number of hydrogen-bond donors (Lipinski definition) is 2. The van der Waals surface area contributed by atoms with Crippen LogP contribution in [0.1, 0.15) is 18.9 Å². The molecule has 0 spiro atoms. The summed E-state index contributed by atoms with van der Waals surface area (Å²) in [4.78, 5) is 10.8. The average Bonchev–Trinajstić information content (AvgIpc) is 2.50. The topological polar surface area (TPSA) is 67.8 Å². The van der Waals surface area contributed by atoms with Crippen LogP contribution < -0.4 is 14.8 Å². The monoisotopic (exact) mass is 291 g/mol. The molecule has 0 aliphatic carbocycles. The lowest BCUT2D eigenvalue weighted by molar-refractivity contribution is -0.132. The van der Waals surface area contributed by atoms with Crippen LogP contribution in [0, 0.1) is 0 Å². The molecule has 0 aromatic heterocycles. The maximum absolute atomic E-state index is 10.8. The third-order valence-corrected chi connectivity index (χ3v) is 3.35. The molecule has 0 radical (unpaired) electrons. The van der Waals surface area contributed by atoms with Crippen molar-refractivity contribution in [1.82, 2.24) is 5.32 Å². The lowest BCUT2D eigenvalue weighted by atomic mass is 10.1. The summed E-state index contributed by atoms with van der Waals surface area (Å²) >= 11 is 0. The maximum atomic E-state index is 10.8. The molecular weight excluding hydrogens is 270 g/mol. The highest BCUT2D eigenvalue weighted by Gasteiger charge is 2.11. The Morgan fingerprint density at radius 1 is 1.33 bits per heavy atom. The molecule has 2 rings (SSSR count). The van der Waals surface area contributed by atoms with Crippen LogP contribution in [-0.4, -0.2) is 37.4 Å². The van der Waals surface area contributed by atoms with E-state index in [4.69, 9.17) is 14.6 Å². The smallest absolute Gasteiger partial charge is 0.331 e. The van der Waals surface area contributed by atoms with Gasteiger partial charge in [0.05, 0.1) is 0 Å². The quantitative estimate of drug-likeness (QED) is 0.594. The van der Waals surface area contributed by atoms with E-state index in [1.54, 1.807) is 6.08 Å². The van der Waals surface area contributed by atoms with Crippen LogP contribution >= 0.6 is 0 Å². The van der Waals surface area contributed by atoms with Gasteiger partial charge in [0.2, 0.25) is 0 Å². The fourth-order valence-electron chi connectivity index (χ4n) is 2.16. The molecule has 0 unspecified atom stereocenters. The van der Waals surface area contributed by atoms with Crippen molar-refractivity contribution >= 4 is 5.97 Å². The SMILES string of the molecule is CC/C(=C/CNCCc1ccc2c(c1)OCCO2)C(=O)O. The van der Waals surface area contributed by atoms with Gasteiger partial charge < -0.3 is 19.9 Å². The molecule has 1 aliphatic rings. The molecule has 0 saturated carbocycles. The molecule has 0 amide bonds. The third-order valence-electron chi connectivity index (χ3n) is 3.35. The van der Waals surface area contributed by atoms with E-state index < -0.39 is 5.97 Å². The number of carboxylic acids is 1. The summed E-state index contributed by atoms with van der Waals surface area (Å²) in [6.45, 7) is 4.39. The Kier molecular flexibility index (Phi) is 5.63. The molecule has 2 N–H and O–H groups in total. The number of carbonyl (C=O) groups is 1. The second-order valence-electron chi connectivity index (χ2n) is 4.82. The molecule has 0 bridgehead atoms. The van der Waals surface area contributed by atoms with Crippen LogP contribution in [-0.2, 0) is 11.2 Å². The number of carboxylic acid groups (broad SMARTS) is 1. The molecule has 21 heavy (non-hydrogen) atoms. The number of nitrogens with one attached hydrogen (secondary N) is 1. The molecule has 0 saturated heterocycles. The minimum absolute atomic E-state index is 0.446. The Labute approximate surface area is 124 Å². The average molecular weight is 291 g/mol. The van der Waals surface area contributed by atoms with E-state index in [9.17, 15) is 4.79 Å². The second kappa shape index (κ2) is 7.69. The first-order valence-electron chi connectivity index (χ1n) is 7.22. The van der Waals surface area contributed by atoms with Gasteiger partial charge in [0.1, 0.15) is 13.2 Å². The zero-order valence-corrected chi connectivity index (χ0v) is 12.2. The highest BCUT2D eigenvalue weighted by molar-refractivity contribution is 5.86. The number of hydrogen-bond acceptors (Lipinski definition) is 4. The Morgan fingerprint density at radius 3 is 2.81 bits per heavy atom. The van der Waals surface area contributed by atoms with E-state index in [1.807, 2.05) is 25.1 Å². The van der Waals surface area contributed by atoms with Gasteiger partial charge in [-0.05, 0) is 37.1 Å². The summed E-state index contributed by atoms with van der Waals surface area (Å²) in [5, 5.41) is 12.1. The number of aliphatic carboxylic acids is 1. The first kappa shape index (κ1) is 15.4. The molecule has 5 heteroatoms. The summed E-state index contributed by atoms with van der Waals surface area (Å²) in [7, 11) is 0. The van der Waals surface area contributed by atoms with Crippen molar-refractivity contribution in [2.45, 2.75) is 19.8 Å². The fourth-order valence-corrected chi connectivity index (χ4v) is 2.16. The van der Waals surface area contributed by atoms with Gasteiger partial charge in [-0.15, -0.1) is 0 Å². The van der Waals surface area contributed by atoms with E-state index in [0.29, 0.717) is 31.8 Å². The van der Waals surface area contributed by atoms with Crippen molar-refractivity contribution in [1.29, 1.82) is 0 Å². The van der Waals surface area contributed by atoms with Crippen LogP contribution in [0.3, 0.4) is 0 Å². The van der Waals surface area contributed by atoms with Gasteiger partial charge in [-0.25, -0.2) is 4.79 Å². The van der Waals surface area contributed by atoms with Crippen molar-refractivity contribution in [2.24, 2.45) is 0 Å². The Morgan fingerprint density at radius 2 is 2.10 bits per heavy atom. The van der Waals surface area contributed by atoms with Gasteiger partial charge in [-0.3, -0.25) is 0 Å². The largest absolute Gasteiger partial charge is 0.486 e. The zero-order chi connectivity index (χ0) is 15.1. The molecule has 1 aliphatic heterocycles. The lowest BCUT2D eigenvalue weighted by Crippen LogP contribution is -2.19. The van der Waals surface area contributed by atoms with Crippen molar-refractivity contribution in [3.63, 3.8) is 0 Å². The highest BCUT2D eigenvalue weighted by atomic mass is 16.6. The predicted octanol–water partition coefficient (Wildman–Crippen LogP) is 2.01. The molecule has 1 heterocycles. The summed E-state index contributed by atoms with van der Waals surface area (Å²) in [5.74, 6) is 0.763. The minimum Gasteiger partial charge on any atom is -0.486 e. The van der Waals surface area contributed by atoms with E-state index in [1.165, 1.54) is 5.56 Å². The first-order valence-corrected chi connectivity index (χ1v) is 7.22. The van der Waals surface area contributed by atoms with E-state index >= 15 is 0 Å². The number of fused-ring (bicyclic) bond motifs is 1. The van der Waals surface area contributed by atoms with Gasteiger partial charge in [0.25, 0.3) is 0 Å². The third kappa shape index (κ3) is 4.49. The first-order chi connectivity index (χ1) is 10.2. The van der Waals surface area contributed by atoms with Gasteiger partial charge in [-0.2, -0.15) is 0 Å². The van der Waals surface area contributed by atoms with Gasteiger partial charge in [0, 0.05) is 12.1 Å². The van der Waals surface area contributed by atoms with E-state index in [-0.39, 0.29) is 0 Å². The van der Waals surface area contributed by atoms with Crippen molar-refractivity contribution in [2.75, 3.05) is 26.3 Å². The Hall–Kier alpha value is -2.01. The minimum atomic E-state index is -0.842. The van der Waals surface area contributed by atoms with Crippen LogP contribution in [0.2, 0.25) is 0 Å². The second-order valence-corrected chi connectivity index (χ2v) is 4.82. The van der Waals surface area contributed by atoms with Crippen molar-refractivity contribution in [3.05, 3.63) is 35.4 Å². The van der Waals surface area contributed by atoms with Gasteiger partial charge >= 0.3 is 5.97 Å². The molecule has 1 aromatic carbocycles. The van der Waals surface area contributed by atoms with Gasteiger partial charge in [0.15, 0.2) is 11.5 Å². The number of ether oxygens (including phenoxy) is 2. The van der Waals surface area contributed by atoms with E-state index in [0.717, 1.165) is 24.5 Å². The Bertz CT molecular complexity index is 525. The molecule has 114 valence electrons. The summed E-state index contributed by atoms with van der Waals surface area (Å²) < 4.78 is 11.0. The number of benzene rings is 1. The molecule has 0 fully saturated rings. The maximum Gasteiger partial charge on any atom is 0.331 e. The van der Waals surface area contributed by atoms with Crippen molar-refractivity contribution in [3.8, 4) is 11.5 Å². The molecule has 5 nitrogen and oxygen atoms in total. The Balaban J connectivity index is 1.77. The van der Waals surface area contributed by atoms with Crippen molar-refractivity contribution < 1.29 is 19.4 Å². The molecule has 1 aromatic rings. The summed E-state index contributed by atoms with van der Waals surface area (Å²) in [6, 6.07) is 5.96. The van der Waals surface area contributed by atoms with E-state index in [2.05, 4.69) is 5.32 Å². The lowest BCUT2D eigenvalue weighted by Gasteiger charge is -2.18. The highest BCUT2D eigenvalue weighted by Crippen LogP contribution is 2.30. The van der Waals surface area contributed by atoms with Crippen LogP contribution in [0.15, 0.2) is 29.8 Å². The predicted molar refractivity (Wildman–Crippen MR) is 80.0 cm³/mol. The van der Waals surface area contributed by atoms with Crippen LogP contribution in [0.5, 0.6) is 11.5 Å². The summed E-state index contributed by atoms with van der Waals surface area (Å²) in [6.07, 6.45) is 3.13. The molecular formula is C16H21NO4. The summed E-state index contributed by atoms with van der Waals surface area (Å²) in [5.41, 5.74) is 1.62. The zero-order valence-electron chi connectivity index (χ0n) is 12.2. The molecule has 0 atom stereocenters. The normalized spacial score (nSPS) is 14.0. The number of rotatable bonds is 7. The fraction of sp³-hybridized carbons (Fsp3) is 0.438. The van der Waals surface area contributed by atoms with Crippen LogP contribution in [0.4, 0.5) is 0 Å².